The normalized spacial score (nSPS) is 12.2. The number of hydrogen-bond acceptors (Lipinski definition) is 2. The van der Waals surface area contributed by atoms with Gasteiger partial charge in [-0.15, -0.1) is 0 Å². The van der Waals surface area contributed by atoms with Gasteiger partial charge < -0.3 is 0 Å². The van der Waals surface area contributed by atoms with Crippen LogP contribution < -0.4 is 4.72 Å². The number of hydrogen-bond donors (Lipinski definition) is 1. The van der Waals surface area contributed by atoms with Gasteiger partial charge in [0.15, 0.2) is 0 Å². The van der Waals surface area contributed by atoms with Gasteiger partial charge in [0.25, 0.3) is 10.0 Å². The third-order valence-electron chi connectivity index (χ3n) is 4.92. The van der Waals surface area contributed by atoms with Crippen molar-refractivity contribution in [2.75, 3.05) is 4.72 Å². The first-order valence-electron chi connectivity index (χ1n) is 8.48. The molecule has 0 radical (unpaired) electrons. The molecule has 0 spiro atoms. The molecular formula is C22H14BrNO2S. The summed E-state index contributed by atoms with van der Waals surface area (Å²) in [4.78, 5) is 0.234. The van der Waals surface area contributed by atoms with Gasteiger partial charge in [0.05, 0.1) is 10.6 Å². The van der Waals surface area contributed by atoms with Gasteiger partial charge in [-0.05, 0) is 58.0 Å². The minimum absolute atomic E-state index is 0.234. The Morgan fingerprint density at radius 3 is 2.00 bits per heavy atom. The van der Waals surface area contributed by atoms with Gasteiger partial charge in [0, 0.05) is 9.86 Å². The van der Waals surface area contributed by atoms with E-state index in [4.69, 9.17) is 0 Å². The molecule has 0 saturated heterocycles. The van der Waals surface area contributed by atoms with Crippen molar-refractivity contribution in [1.82, 2.24) is 0 Å². The van der Waals surface area contributed by atoms with E-state index in [1.807, 2.05) is 36.4 Å². The van der Waals surface area contributed by atoms with Crippen LogP contribution in [0.25, 0.3) is 33.0 Å². The minimum atomic E-state index is -3.67. The average molecular weight is 436 g/mol. The molecule has 5 rings (SSSR count). The molecule has 27 heavy (non-hydrogen) atoms. The first-order valence-corrected chi connectivity index (χ1v) is 10.8. The summed E-state index contributed by atoms with van der Waals surface area (Å²) in [5.41, 5.74) is 5.24. The molecule has 132 valence electrons. The monoisotopic (exact) mass is 435 g/mol. The van der Waals surface area contributed by atoms with Gasteiger partial charge in [-0.25, -0.2) is 8.42 Å². The van der Waals surface area contributed by atoms with Crippen molar-refractivity contribution in [3.05, 3.63) is 83.3 Å². The molecule has 1 aliphatic rings. The molecule has 4 aromatic carbocycles. The van der Waals surface area contributed by atoms with E-state index in [0.717, 1.165) is 26.4 Å². The van der Waals surface area contributed by atoms with Crippen LogP contribution in [0.1, 0.15) is 0 Å². The lowest BCUT2D eigenvalue weighted by Crippen LogP contribution is -2.13. The number of benzene rings is 4. The maximum atomic E-state index is 12.8. The molecule has 0 bridgehead atoms. The smallest absolute Gasteiger partial charge is 0.261 e. The fourth-order valence-corrected chi connectivity index (χ4v) is 5.06. The van der Waals surface area contributed by atoms with Crippen molar-refractivity contribution in [1.29, 1.82) is 0 Å². The molecule has 1 aliphatic carbocycles. The van der Waals surface area contributed by atoms with Crippen LogP contribution in [0.4, 0.5) is 5.69 Å². The van der Waals surface area contributed by atoms with Crippen LogP contribution >= 0.6 is 15.9 Å². The Bertz CT molecular complexity index is 1280. The summed E-state index contributed by atoms with van der Waals surface area (Å²) in [7, 11) is -3.67. The number of anilines is 1. The summed E-state index contributed by atoms with van der Waals surface area (Å²) in [5, 5.41) is 2.00. The van der Waals surface area contributed by atoms with Crippen LogP contribution in [0.3, 0.4) is 0 Å². The molecule has 0 aromatic heterocycles. The van der Waals surface area contributed by atoms with E-state index in [1.165, 1.54) is 11.1 Å². The molecule has 0 fully saturated rings. The molecule has 5 heteroatoms. The van der Waals surface area contributed by atoms with Crippen LogP contribution in [0.15, 0.2) is 88.2 Å². The van der Waals surface area contributed by atoms with Crippen LogP contribution in [-0.4, -0.2) is 8.42 Å². The van der Waals surface area contributed by atoms with Gasteiger partial charge in [-0.3, -0.25) is 4.72 Å². The van der Waals surface area contributed by atoms with Crippen molar-refractivity contribution < 1.29 is 8.42 Å². The standard InChI is InChI=1S/C22H14BrNO2S/c23-14-8-10-15(11-9-14)27(25,26)24-21-13-12-19-17-5-2-1-4-16(17)18-6-3-7-20(21)22(18)19/h1-13,24H. The number of fused-ring (bicyclic) bond motifs is 3. The maximum Gasteiger partial charge on any atom is 0.261 e. The Kier molecular flexibility index (Phi) is 3.64. The molecule has 0 unspecified atom stereocenters. The number of halogens is 1. The second kappa shape index (κ2) is 5.94. The highest BCUT2D eigenvalue weighted by atomic mass is 79.9. The zero-order valence-electron chi connectivity index (χ0n) is 14.1. The first kappa shape index (κ1) is 16.5. The Hall–Kier alpha value is -2.63. The second-order valence-corrected chi connectivity index (χ2v) is 9.09. The topological polar surface area (TPSA) is 46.2 Å². The van der Waals surface area contributed by atoms with Crippen molar-refractivity contribution >= 4 is 42.4 Å². The summed E-state index contributed by atoms with van der Waals surface area (Å²) < 4.78 is 29.3. The number of sulfonamides is 1. The van der Waals surface area contributed by atoms with E-state index >= 15 is 0 Å². The van der Waals surface area contributed by atoms with Crippen LogP contribution in [0.2, 0.25) is 0 Å². The van der Waals surface area contributed by atoms with Crippen LogP contribution in [-0.2, 0) is 10.0 Å². The molecule has 0 heterocycles. The van der Waals surface area contributed by atoms with Gasteiger partial charge in [0.1, 0.15) is 0 Å². The quantitative estimate of drug-likeness (QED) is 0.374. The third-order valence-corrected chi connectivity index (χ3v) is 6.83. The lowest BCUT2D eigenvalue weighted by Gasteiger charge is -2.12. The average Bonchev–Trinajstić information content (AvgIpc) is 3.00. The Labute approximate surface area is 165 Å². The minimum Gasteiger partial charge on any atom is -0.279 e. The Balaban J connectivity index is 1.67. The molecular weight excluding hydrogens is 422 g/mol. The zero-order chi connectivity index (χ0) is 18.6. The summed E-state index contributed by atoms with van der Waals surface area (Å²) in [5.74, 6) is 0. The first-order chi connectivity index (χ1) is 13.0. The van der Waals surface area contributed by atoms with Gasteiger partial charge in [0.2, 0.25) is 0 Å². The Morgan fingerprint density at radius 1 is 0.667 bits per heavy atom. The molecule has 0 amide bonds. The molecule has 0 atom stereocenters. The lowest BCUT2D eigenvalue weighted by atomic mass is 10.0. The van der Waals surface area contributed by atoms with Crippen molar-refractivity contribution in [3.63, 3.8) is 0 Å². The van der Waals surface area contributed by atoms with Crippen molar-refractivity contribution in [3.8, 4) is 22.3 Å². The largest absolute Gasteiger partial charge is 0.279 e. The third kappa shape index (κ3) is 2.58. The van der Waals surface area contributed by atoms with E-state index in [1.54, 1.807) is 24.3 Å². The molecule has 1 N–H and O–H groups in total. The van der Waals surface area contributed by atoms with E-state index in [-0.39, 0.29) is 4.90 Å². The van der Waals surface area contributed by atoms with Gasteiger partial charge >= 0.3 is 0 Å². The fraction of sp³-hybridized carbons (Fsp3) is 0. The SMILES string of the molecule is O=S(=O)(Nc1ccc2c3c(cccc13)-c1ccccc1-2)c1ccc(Br)cc1. The Morgan fingerprint density at radius 2 is 1.30 bits per heavy atom. The van der Waals surface area contributed by atoms with E-state index in [9.17, 15) is 8.42 Å². The molecule has 3 nitrogen and oxygen atoms in total. The van der Waals surface area contributed by atoms with Crippen LogP contribution in [0.5, 0.6) is 0 Å². The highest BCUT2D eigenvalue weighted by Crippen LogP contribution is 2.48. The summed E-state index contributed by atoms with van der Waals surface area (Å²) in [6, 6.07) is 24.8. The summed E-state index contributed by atoms with van der Waals surface area (Å²) >= 11 is 3.33. The van der Waals surface area contributed by atoms with Gasteiger partial charge in [-0.2, -0.15) is 0 Å². The van der Waals surface area contributed by atoms with E-state index in [2.05, 4.69) is 38.9 Å². The van der Waals surface area contributed by atoms with Crippen molar-refractivity contribution in [2.24, 2.45) is 0 Å². The van der Waals surface area contributed by atoms with Gasteiger partial charge in [-0.1, -0.05) is 64.5 Å². The predicted octanol–water partition coefficient (Wildman–Crippen LogP) is 6.05. The van der Waals surface area contributed by atoms with E-state index < -0.39 is 10.0 Å². The van der Waals surface area contributed by atoms with Crippen LogP contribution in [0, 0.1) is 0 Å². The molecule has 0 aliphatic heterocycles. The highest BCUT2D eigenvalue weighted by Gasteiger charge is 2.23. The van der Waals surface area contributed by atoms with E-state index in [0.29, 0.717) is 5.69 Å². The predicted molar refractivity (Wildman–Crippen MR) is 113 cm³/mol. The fourth-order valence-electron chi connectivity index (χ4n) is 3.71. The highest BCUT2D eigenvalue weighted by molar-refractivity contribution is 9.10. The maximum absolute atomic E-state index is 12.8. The number of nitrogens with one attached hydrogen (secondary N) is 1. The number of rotatable bonds is 3. The molecule has 4 aromatic rings. The summed E-state index contributed by atoms with van der Waals surface area (Å²) in [6.07, 6.45) is 0. The zero-order valence-corrected chi connectivity index (χ0v) is 16.5. The summed E-state index contributed by atoms with van der Waals surface area (Å²) in [6.45, 7) is 0. The second-order valence-electron chi connectivity index (χ2n) is 6.49. The lowest BCUT2D eigenvalue weighted by molar-refractivity contribution is 0.601. The van der Waals surface area contributed by atoms with Crippen molar-refractivity contribution in [2.45, 2.75) is 4.90 Å². The molecule has 0 saturated carbocycles.